The smallest absolute Gasteiger partial charge is 0.372 e. The molecule has 4 atom stereocenters. The van der Waals surface area contributed by atoms with E-state index < -0.39 is 47.2 Å². The van der Waals surface area contributed by atoms with Crippen molar-refractivity contribution in [1.82, 2.24) is 25.3 Å². The zero-order valence-electron chi connectivity index (χ0n) is 28.2. The van der Waals surface area contributed by atoms with Gasteiger partial charge in [0.25, 0.3) is 11.8 Å². The van der Waals surface area contributed by atoms with Gasteiger partial charge in [0.1, 0.15) is 17.7 Å². The van der Waals surface area contributed by atoms with Gasteiger partial charge in [0.15, 0.2) is 0 Å². The molecule has 4 aliphatic heterocycles. The van der Waals surface area contributed by atoms with Crippen molar-refractivity contribution in [1.29, 1.82) is 0 Å². The summed E-state index contributed by atoms with van der Waals surface area (Å²) in [5.41, 5.74) is 0.939. The molecule has 3 fully saturated rings. The number of carbonyl (C=O) groups is 3. The molecule has 2 bridgehead atoms. The predicted octanol–water partition coefficient (Wildman–Crippen LogP) is 4.97. The number of aromatic nitrogens is 2. The van der Waals surface area contributed by atoms with Crippen LogP contribution in [-0.2, 0) is 27.0 Å². The van der Waals surface area contributed by atoms with E-state index in [0.717, 1.165) is 24.6 Å². The molecule has 5 heterocycles. The second kappa shape index (κ2) is 14.0. The molecule has 0 radical (unpaired) electrons. The number of rotatable bonds is 10. The number of carbonyl (C=O) groups excluding carboxylic acids is 3. The minimum atomic E-state index is -4.69. The molecule has 4 aliphatic rings. The summed E-state index contributed by atoms with van der Waals surface area (Å²) in [6.45, 7) is 7.60. The minimum absolute atomic E-state index is 0.0912. The number of hydrogen-bond acceptors (Lipinski definition) is 6. The quantitative estimate of drug-likeness (QED) is 0.177. The molecule has 3 saturated heterocycles. The molecule has 14 heteroatoms. The first-order chi connectivity index (χ1) is 24.9. The predicted molar refractivity (Wildman–Crippen MR) is 183 cm³/mol. The number of alkyl halides is 3. The van der Waals surface area contributed by atoms with E-state index in [4.69, 9.17) is 9.84 Å². The Morgan fingerprint density at radius 2 is 1.69 bits per heavy atom. The highest BCUT2D eigenvalue weighted by molar-refractivity contribution is 6.05. The van der Waals surface area contributed by atoms with Crippen molar-refractivity contribution < 1.29 is 36.7 Å². The van der Waals surface area contributed by atoms with Crippen LogP contribution >= 0.6 is 0 Å². The van der Waals surface area contributed by atoms with E-state index in [9.17, 15) is 31.9 Å². The van der Waals surface area contributed by atoms with Crippen LogP contribution in [0.15, 0.2) is 91.0 Å². The van der Waals surface area contributed by atoms with Gasteiger partial charge < -0.3 is 15.4 Å². The van der Waals surface area contributed by atoms with Gasteiger partial charge in [-0.3, -0.25) is 24.2 Å². The number of hydrogen-bond donors (Lipinski definition) is 2. The Morgan fingerprint density at radius 3 is 2.35 bits per heavy atom. The van der Waals surface area contributed by atoms with Crippen molar-refractivity contribution in [3.63, 3.8) is 0 Å². The summed E-state index contributed by atoms with van der Waals surface area (Å²) in [7, 11) is 0. The SMILES string of the molecule is C=C(CN1CC2CC(C1)O2)C(=O)NCc1nn(-c2ccccc2)c2c1[C@H](c1ccc(F)cc1)[C@H](NC(=O)c1cccc(C(F)(F)F)c1)C(=O)N2CC. The van der Waals surface area contributed by atoms with Crippen LogP contribution in [-0.4, -0.2) is 76.8 Å². The Morgan fingerprint density at radius 1 is 1.00 bits per heavy atom. The van der Waals surface area contributed by atoms with Gasteiger partial charge in [-0.25, -0.2) is 9.07 Å². The zero-order valence-corrected chi connectivity index (χ0v) is 28.2. The van der Waals surface area contributed by atoms with Crippen LogP contribution in [0.25, 0.3) is 5.69 Å². The Labute approximate surface area is 297 Å². The third-order valence-electron chi connectivity index (χ3n) is 9.68. The van der Waals surface area contributed by atoms with Gasteiger partial charge in [-0.05, 0) is 55.0 Å². The molecule has 2 unspecified atom stereocenters. The van der Waals surface area contributed by atoms with Crippen molar-refractivity contribution in [2.24, 2.45) is 0 Å². The number of fused-ring (bicyclic) bond motifs is 3. The maximum absolute atomic E-state index is 14.4. The number of nitrogens with zero attached hydrogens (tertiary/aromatic N) is 4. The number of likely N-dealkylation sites (N-methyl/N-ethyl adjacent to an activating group) is 1. The van der Waals surface area contributed by atoms with Crippen LogP contribution in [0.2, 0.25) is 0 Å². The molecule has 10 nitrogen and oxygen atoms in total. The summed E-state index contributed by atoms with van der Waals surface area (Å²) in [6, 6.07) is 17.0. The van der Waals surface area contributed by atoms with E-state index in [2.05, 4.69) is 22.1 Å². The summed E-state index contributed by atoms with van der Waals surface area (Å²) < 4.78 is 62.2. The van der Waals surface area contributed by atoms with Crippen molar-refractivity contribution >= 4 is 23.5 Å². The van der Waals surface area contributed by atoms with Gasteiger partial charge >= 0.3 is 6.18 Å². The number of anilines is 1. The zero-order chi connectivity index (χ0) is 36.7. The highest BCUT2D eigenvalue weighted by Crippen LogP contribution is 2.44. The van der Waals surface area contributed by atoms with E-state index in [1.54, 1.807) is 35.9 Å². The third-order valence-corrected chi connectivity index (χ3v) is 9.68. The van der Waals surface area contributed by atoms with Crippen molar-refractivity contribution in [2.45, 2.75) is 50.2 Å². The molecule has 270 valence electrons. The second-order valence-electron chi connectivity index (χ2n) is 13.2. The van der Waals surface area contributed by atoms with Gasteiger partial charge in [0.05, 0.1) is 35.7 Å². The Bertz CT molecular complexity index is 2000. The first kappa shape index (κ1) is 35.1. The number of nitrogens with one attached hydrogen (secondary N) is 2. The van der Waals surface area contributed by atoms with Crippen molar-refractivity contribution in [3.05, 3.63) is 125 Å². The summed E-state index contributed by atoms with van der Waals surface area (Å²) in [4.78, 5) is 45.1. The van der Waals surface area contributed by atoms with E-state index >= 15 is 0 Å². The second-order valence-corrected chi connectivity index (χ2v) is 13.2. The number of benzene rings is 3. The Balaban J connectivity index is 1.28. The summed E-state index contributed by atoms with van der Waals surface area (Å²) in [6.07, 6.45) is -3.35. The van der Waals surface area contributed by atoms with E-state index in [1.165, 1.54) is 35.2 Å². The number of ether oxygens (including phenoxy) is 1. The third kappa shape index (κ3) is 6.83. The number of halogens is 4. The molecule has 1 aromatic heterocycles. The molecular formula is C38H36F4N6O4. The number of amides is 3. The number of morpholine rings is 1. The lowest BCUT2D eigenvalue weighted by Gasteiger charge is -2.47. The number of para-hydroxylation sites is 1. The monoisotopic (exact) mass is 716 g/mol. The highest BCUT2D eigenvalue weighted by atomic mass is 19.4. The fourth-order valence-electron chi connectivity index (χ4n) is 7.25. The van der Waals surface area contributed by atoms with Gasteiger partial charge in [-0.2, -0.15) is 18.3 Å². The Kier molecular flexibility index (Phi) is 9.44. The molecule has 3 aromatic carbocycles. The van der Waals surface area contributed by atoms with Crippen molar-refractivity contribution in [2.75, 3.05) is 31.1 Å². The van der Waals surface area contributed by atoms with Crippen LogP contribution in [0.4, 0.5) is 23.4 Å². The van der Waals surface area contributed by atoms with Gasteiger partial charge in [0, 0.05) is 55.2 Å². The van der Waals surface area contributed by atoms with Crippen LogP contribution in [0.3, 0.4) is 0 Å². The lowest BCUT2D eigenvalue weighted by atomic mass is 9.80. The lowest BCUT2D eigenvalue weighted by molar-refractivity contribution is -0.179. The maximum atomic E-state index is 14.4. The molecule has 0 saturated carbocycles. The van der Waals surface area contributed by atoms with Crippen LogP contribution in [0, 0.1) is 5.82 Å². The summed E-state index contributed by atoms with van der Waals surface area (Å²) in [5.74, 6) is -2.97. The van der Waals surface area contributed by atoms with Gasteiger partial charge in [0.2, 0.25) is 5.91 Å². The molecule has 2 N–H and O–H groups in total. The van der Waals surface area contributed by atoms with Gasteiger partial charge in [-0.15, -0.1) is 0 Å². The Hall–Kier alpha value is -5.34. The topological polar surface area (TPSA) is 109 Å². The maximum Gasteiger partial charge on any atom is 0.416 e. The minimum Gasteiger partial charge on any atom is -0.372 e. The van der Waals surface area contributed by atoms with E-state index in [0.29, 0.717) is 53.5 Å². The van der Waals surface area contributed by atoms with Crippen molar-refractivity contribution in [3.8, 4) is 5.69 Å². The fraction of sp³-hybridized carbons (Fsp3) is 0.316. The van der Waals surface area contributed by atoms with Gasteiger partial charge in [-0.1, -0.05) is 43.0 Å². The highest BCUT2D eigenvalue weighted by Gasteiger charge is 2.46. The molecule has 0 aliphatic carbocycles. The average molecular weight is 717 g/mol. The molecule has 4 aromatic rings. The molecular weight excluding hydrogens is 680 g/mol. The van der Waals surface area contributed by atoms with Crippen LogP contribution in [0.5, 0.6) is 0 Å². The first-order valence-corrected chi connectivity index (χ1v) is 17.0. The molecule has 52 heavy (non-hydrogen) atoms. The van der Waals surface area contributed by atoms with E-state index in [-0.39, 0.29) is 30.9 Å². The first-order valence-electron chi connectivity index (χ1n) is 17.0. The standard InChI is InChI=1S/C38H36F4N6O4/c1-3-47-36-32(30(45-48(36)27-10-5-4-6-11-27)18-43-34(49)22(2)19-46-20-28-17-29(21-46)52-28)31(23-12-14-26(39)15-13-23)33(37(47)51)44-35(50)24-8-7-9-25(16-24)38(40,41)42/h4-16,28-29,31,33H,2-3,17-21H2,1H3,(H,43,49)(H,44,50)/t28?,29?,31-,33-/m0/s1. The lowest BCUT2D eigenvalue weighted by Crippen LogP contribution is -2.57. The fourth-order valence-corrected chi connectivity index (χ4v) is 7.25. The average Bonchev–Trinajstić information content (AvgIpc) is 3.50. The van der Waals surface area contributed by atoms with Crippen LogP contribution < -0.4 is 15.5 Å². The van der Waals surface area contributed by atoms with E-state index in [1.807, 2.05) is 6.07 Å². The number of piperidine rings is 1. The normalized spacial score (nSPS) is 21.2. The summed E-state index contributed by atoms with van der Waals surface area (Å²) in [5, 5.41) is 10.5. The molecule has 8 rings (SSSR count). The molecule has 0 spiro atoms. The largest absolute Gasteiger partial charge is 0.416 e. The summed E-state index contributed by atoms with van der Waals surface area (Å²) >= 11 is 0. The van der Waals surface area contributed by atoms with Crippen LogP contribution in [0.1, 0.15) is 52.0 Å². The molecule has 3 amide bonds.